The molecular formula is C34H38N2O5S. The van der Waals surface area contributed by atoms with Gasteiger partial charge < -0.3 is 24.4 Å². The van der Waals surface area contributed by atoms with E-state index in [2.05, 4.69) is 47.1 Å². The summed E-state index contributed by atoms with van der Waals surface area (Å²) in [5.74, 6) is -0.300. The maximum absolute atomic E-state index is 13.9. The van der Waals surface area contributed by atoms with Crippen molar-refractivity contribution >= 4 is 33.4 Å². The highest BCUT2D eigenvalue weighted by atomic mass is 32.1. The van der Waals surface area contributed by atoms with Gasteiger partial charge in [0, 0.05) is 30.4 Å². The monoisotopic (exact) mass is 586 g/mol. The number of nitrogens with one attached hydrogen (secondary N) is 1. The number of hydrogen-bond acceptors (Lipinski definition) is 6. The van der Waals surface area contributed by atoms with Crippen LogP contribution in [-0.2, 0) is 25.5 Å². The number of benzene rings is 3. The molecule has 1 aliphatic rings. The lowest BCUT2D eigenvalue weighted by molar-refractivity contribution is -0.179. The maximum Gasteiger partial charge on any atom is 0.407 e. The minimum atomic E-state index is -0.822. The molecule has 1 N–H and O–H groups in total. The fraction of sp³-hybridized carbons (Fsp3) is 0.353. The zero-order chi connectivity index (χ0) is 29.6. The highest BCUT2D eigenvalue weighted by molar-refractivity contribution is 7.17. The highest BCUT2D eigenvalue weighted by Crippen LogP contribution is 2.44. The van der Waals surface area contributed by atoms with E-state index in [4.69, 9.17) is 14.2 Å². The number of carbonyl (C=O) groups is 2. The molecule has 0 spiro atoms. The molecule has 2 atom stereocenters. The molecule has 42 heavy (non-hydrogen) atoms. The van der Waals surface area contributed by atoms with Crippen molar-refractivity contribution in [2.24, 2.45) is 0 Å². The van der Waals surface area contributed by atoms with Gasteiger partial charge >= 0.3 is 6.09 Å². The van der Waals surface area contributed by atoms with Crippen LogP contribution in [-0.4, -0.2) is 55.1 Å². The average Bonchev–Trinajstić information content (AvgIpc) is 3.56. The van der Waals surface area contributed by atoms with Gasteiger partial charge in [0.1, 0.15) is 12.6 Å². The summed E-state index contributed by atoms with van der Waals surface area (Å²) in [5, 5.41) is 5.96. The smallest absolute Gasteiger partial charge is 0.407 e. The fourth-order valence-corrected chi connectivity index (χ4v) is 6.64. The van der Waals surface area contributed by atoms with Crippen LogP contribution >= 0.6 is 11.3 Å². The molecule has 4 aromatic rings. The lowest BCUT2D eigenvalue weighted by Crippen LogP contribution is -2.53. The van der Waals surface area contributed by atoms with Gasteiger partial charge in [-0.05, 0) is 72.3 Å². The standard InChI is InChI=1S/C34H38N2O5S/c1-5-39-33(40-6-2)23(4)36(19-24-21-42-31-18-12-11-13-25(24)31)32(37)22(3)35-34(38)41-20-30-28-16-9-7-14-26(28)27-15-8-10-17-29(27)30/h7-18,21-23,30,33H,5-6,19-20H2,1-4H3,(H,35,38)/t22-,23-/m0/s1. The van der Waals surface area contributed by atoms with Crippen LogP contribution in [0, 0.1) is 0 Å². The summed E-state index contributed by atoms with van der Waals surface area (Å²) in [5.41, 5.74) is 5.63. The molecule has 5 rings (SSSR count). The molecule has 1 aromatic heterocycles. The second-order valence-electron chi connectivity index (χ2n) is 10.4. The second-order valence-corrected chi connectivity index (χ2v) is 11.3. The van der Waals surface area contributed by atoms with E-state index in [1.165, 1.54) is 0 Å². The quantitative estimate of drug-likeness (QED) is 0.182. The van der Waals surface area contributed by atoms with Crippen molar-refractivity contribution in [3.05, 3.63) is 94.9 Å². The zero-order valence-corrected chi connectivity index (χ0v) is 25.4. The molecule has 0 saturated heterocycles. The highest BCUT2D eigenvalue weighted by Gasteiger charge is 2.33. The van der Waals surface area contributed by atoms with Crippen molar-refractivity contribution < 1.29 is 23.8 Å². The Morgan fingerprint density at radius 1 is 0.881 bits per heavy atom. The Kier molecular flexibility index (Phi) is 9.57. The minimum Gasteiger partial charge on any atom is -0.449 e. The molecule has 0 fully saturated rings. The molecule has 0 unspecified atom stereocenters. The first-order valence-corrected chi connectivity index (χ1v) is 15.4. The number of alkyl carbamates (subject to hydrolysis) is 1. The Balaban J connectivity index is 1.29. The normalized spacial score (nSPS) is 13.9. The number of fused-ring (bicyclic) bond motifs is 4. The van der Waals surface area contributed by atoms with Crippen molar-refractivity contribution in [3.8, 4) is 11.1 Å². The van der Waals surface area contributed by atoms with Gasteiger partial charge in [-0.15, -0.1) is 11.3 Å². The van der Waals surface area contributed by atoms with E-state index in [9.17, 15) is 9.59 Å². The first-order valence-electron chi connectivity index (χ1n) is 14.5. The molecule has 0 radical (unpaired) electrons. The third kappa shape index (κ3) is 6.21. The fourth-order valence-electron chi connectivity index (χ4n) is 5.69. The van der Waals surface area contributed by atoms with Crippen LogP contribution in [0.4, 0.5) is 4.79 Å². The Morgan fingerprint density at radius 2 is 1.48 bits per heavy atom. The molecule has 3 aromatic carbocycles. The Labute approximate surface area is 251 Å². The van der Waals surface area contributed by atoms with Crippen LogP contribution in [0.15, 0.2) is 78.2 Å². The molecule has 2 amide bonds. The summed E-state index contributed by atoms with van der Waals surface area (Å²) in [4.78, 5) is 28.7. The SMILES string of the molecule is CCOC(OCC)[C@H](C)N(Cc1csc2ccccc12)C(=O)[C@H](C)NC(=O)OCC1c2ccccc2-c2ccccc21. The number of hydrogen-bond donors (Lipinski definition) is 1. The summed E-state index contributed by atoms with van der Waals surface area (Å²) in [6.45, 7) is 8.85. The van der Waals surface area contributed by atoms with Gasteiger partial charge in [-0.3, -0.25) is 4.79 Å². The Hall–Kier alpha value is -3.72. The van der Waals surface area contributed by atoms with Crippen molar-refractivity contribution in [3.63, 3.8) is 0 Å². The van der Waals surface area contributed by atoms with E-state index in [0.29, 0.717) is 19.8 Å². The lowest BCUT2D eigenvalue weighted by Gasteiger charge is -2.35. The van der Waals surface area contributed by atoms with E-state index < -0.39 is 24.5 Å². The average molecular weight is 587 g/mol. The number of carbonyl (C=O) groups excluding carboxylic acids is 2. The summed E-state index contributed by atoms with van der Waals surface area (Å²) in [7, 11) is 0. The molecule has 8 heteroatoms. The van der Waals surface area contributed by atoms with Crippen molar-refractivity contribution in [2.75, 3.05) is 19.8 Å². The zero-order valence-electron chi connectivity index (χ0n) is 24.5. The maximum atomic E-state index is 13.9. The number of nitrogens with zero attached hydrogens (tertiary/aromatic N) is 1. The lowest BCUT2D eigenvalue weighted by atomic mass is 9.98. The van der Waals surface area contributed by atoms with Crippen LogP contribution in [0.3, 0.4) is 0 Å². The topological polar surface area (TPSA) is 77.1 Å². The van der Waals surface area contributed by atoms with Gasteiger partial charge in [0.05, 0.1) is 6.04 Å². The summed E-state index contributed by atoms with van der Waals surface area (Å²) < 4.78 is 18.6. The third-order valence-electron chi connectivity index (χ3n) is 7.78. The van der Waals surface area contributed by atoms with Gasteiger partial charge in [-0.25, -0.2) is 4.79 Å². The number of ether oxygens (including phenoxy) is 3. The van der Waals surface area contributed by atoms with Crippen LogP contribution in [0.2, 0.25) is 0 Å². The predicted octanol–water partition coefficient (Wildman–Crippen LogP) is 6.94. The molecule has 0 bridgehead atoms. The molecule has 0 saturated carbocycles. The summed E-state index contributed by atoms with van der Waals surface area (Å²) in [6, 6.07) is 23.3. The van der Waals surface area contributed by atoms with Crippen molar-refractivity contribution in [1.82, 2.24) is 10.2 Å². The summed E-state index contributed by atoms with van der Waals surface area (Å²) in [6.07, 6.45) is -1.23. The van der Waals surface area contributed by atoms with Gasteiger partial charge in [-0.1, -0.05) is 66.7 Å². The van der Waals surface area contributed by atoms with E-state index >= 15 is 0 Å². The molecule has 1 aliphatic carbocycles. The van der Waals surface area contributed by atoms with Gasteiger partial charge in [0.2, 0.25) is 5.91 Å². The van der Waals surface area contributed by atoms with E-state index in [-0.39, 0.29) is 18.4 Å². The van der Waals surface area contributed by atoms with Crippen LogP contribution in [0.25, 0.3) is 21.2 Å². The first kappa shape index (κ1) is 29.8. The van der Waals surface area contributed by atoms with E-state index in [1.807, 2.05) is 57.2 Å². The van der Waals surface area contributed by atoms with Crippen LogP contribution in [0.5, 0.6) is 0 Å². The molecule has 7 nitrogen and oxygen atoms in total. The molecular weight excluding hydrogens is 548 g/mol. The van der Waals surface area contributed by atoms with Crippen LogP contribution < -0.4 is 5.32 Å². The van der Waals surface area contributed by atoms with Gasteiger partial charge in [0.25, 0.3) is 0 Å². The largest absolute Gasteiger partial charge is 0.449 e. The van der Waals surface area contributed by atoms with Crippen molar-refractivity contribution in [2.45, 2.75) is 58.5 Å². The number of amides is 2. The van der Waals surface area contributed by atoms with Gasteiger partial charge in [-0.2, -0.15) is 0 Å². The van der Waals surface area contributed by atoms with Gasteiger partial charge in [0.15, 0.2) is 6.29 Å². The molecule has 1 heterocycles. The summed E-state index contributed by atoms with van der Waals surface area (Å²) >= 11 is 1.65. The Morgan fingerprint density at radius 3 is 2.12 bits per heavy atom. The number of thiophene rings is 1. The predicted molar refractivity (Wildman–Crippen MR) is 167 cm³/mol. The Bertz CT molecular complexity index is 1480. The third-order valence-corrected chi connectivity index (χ3v) is 8.79. The molecule has 0 aliphatic heterocycles. The van der Waals surface area contributed by atoms with Crippen molar-refractivity contribution in [1.29, 1.82) is 0 Å². The van der Waals surface area contributed by atoms with E-state index in [1.54, 1.807) is 23.2 Å². The van der Waals surface area contributed by atoms with E-state index in [0.717, 1.165) is 37.9 Å². The second kappa shape index (κ2) is 13.5. The minimum absolute atomic E-state index is 0.0595. The van der Waals surface area contributed by atoms with Crippen LogP contribution in [0.1, 0.15) is 50.3 Å². The number of rotatable bonds is 12. The first-order chi connectivity index (χ1) is 20.4. The molecule has 220 valence electrons.